The van der Waals surface area contributed by atoms with Gasteiger partial charge in [0.15, 0.2) is 8.32 Å². The molecule has 0 aliphatic rings. The minimum Gasteiger partial charge on any atom is -0.415 e. The second kappa shape index (κ2) is 3.34. The summed E-state index contributed by atoms with van der Waals surface area (Å²) in [6, 6.07) is 0. The summed E-state index contributed by atoms with van der Waals surface area (Å²) in [5, 5.41) is 8.81. The van der Waals surface area contributed by atoms with Crippen molar-refractivity contribution in [2.45, 2.75) is 32.7 Å². The monoisotopic (exact) mass is 148 g/mol. The maximum absolute atomic E-state index is 8.81. The SMILES string of the molecule is C[C@H](O)CO[Si](C)(C)C. The van der Waals surface area contributed by atoms with E-state index >= 15 is 0 Å². The Morgan fingerprint density at radius 1 is 1.44 bits per heavy atom. The predicted molar refractivity (Wildman–Crippen MR) is 41.0 cm³/mol. The van der Waals surface area contributed by atoms with Gasteiger partial charge in [0.05, 0.1) is 12.7 Å². The fourth-order valence-corrected chi connectivity index (χ4v) is 1.11. The van der Waals surface area contributed by atoms with Crippen molar-refractivity contribution in [3.8, 4) is 0 Å². The Kier molecular flexibility index (Phi) is 3.39. The lowest BCUT2D eigenvalue weighted by atomic mass is 10.5. The van der Waals surface area contributed by atoms with E-state index in [-0.39, 0.29) is 6.10 Å². The van der Waals surface area contributed by atoms with Crippen LogP contribution in [0.1, 0.15) is 6.92 Å². The zero-order valence-electron chi connectivity index (χ0n) is 6.64. The third-order valence-electron chi connectivity index (χ3n) is 0.758. The Morgan fingerprint density at radius 3 is 2.00 bits per heavy atom. The summed E-state index contributed by atoms with van der Waals surface area (Å²) in [4.78, 5) is 0. The van der Waals surface area contributed by atoms with Crippen LogP contribution >= 0.6 is 0 Å². The highest BCUT2D eigenvalue weighted by Crippen LogP contribution is 2.02. The van der Waals surface area contributed by atoms with Gasteiger partial charge in [0.2, 0.25) is 0 Å². The van der Waals surface area contributed by atoms with Gasteiger partial charge >= 0.3 is 0 Å². The van der Waals surface area contributed by atoms with Gasteiger partial charge in [-0.1, -0.05) is 0 Å². The molecule has 0 aromatic carbocycles. The number of aliphatic hydroxyl groups is 1. The summed E-state index contributed by atoms with van der Waals surface area (Å²) in [5.74, 6) is 0. The van der Waals surface area contributed by atoms with Crippen molar-refractivity contribution in [1.82, 2.24) is 0 Å². The van der Waals surface area contributed by atoms with Gasteiger partial charge in [-0.2, -0.15) is 0 Å². The first-order chi connectivity index (χ1) is 3.92. The van der Waals surface area contributed by atoms with Crippen LogP contribution in [0.25, 0.3) is 0 Å². The quantitative estimate of drug-likeness (QED) is 0.610. The minimum absolute atomic E-state index is 0.322. The minimum atomic E-state index is -1.38. The van der Waals surface area contributed by atoms with Crippen LogP contribution in [-0.2, 0) is 4.43 Å². The lowest BCUT2D eigenvalue weighted by Gasteiger charge is -2.17. The average Bonchev–Trinajstić information content (AvgIpc) is 1.59. The molecule has 0 saturated carbocycles. The number of hydrogen-bond donors (Lipinski definition) is 1. The molecule has 0 aromatic heterocycles. The highest BCUT2D eigenvalue weighted by atomic mass is 28.4. The highest BCUT2D eigenvalue weighted by Gasteiger charge is 2.14. The molecular weight excluding hydrogens is 132 g/mol. The van der Waals surface area contributed by atoms with E-state index in [1.54, 1.807) is 6.92 Å². The molecule has 0 bridgehead atoms. The summed E-state index contributed by atoms with van der Waals surface area (Å²) in [5.41, 5.74) is 0. The average molecular weight is 148 g/mol. The molecule has 0 saturated heterocycles. The molecule has 0 aliphatic heterocycles. The van der Waals surface area contributed by atoms with Crippen molar-refractivity contribution in [1.29, 1.82) is 0 Å². The first-order valence-electron chi connectivity index (χ1n) is 3.24. The standard InChI is InChI=1S/C6H16O2Si/c1-6(7)5-8-9(2,3)4/h6-7H,5H2,1-4H3/t6-/m0/s1. The summed E-state index contributed by atoms with van der Waals surface area (Å²) < 4.78 is 5.38. The van der Waals surface area contributed by atoms with E-state index in [1.807, 2.05) is 0 Å². The molecule has 0 aliphatic carbocycles. The van der Waals surface area contributed by atoms with Crippen molar-refractivity contribution in [2.24, 2.45) is 0 Å². The van der Waals surface area contributed by atoms with E-state index in [0.29, 0.717) is 6.61 Å². The molecule has 0 unspecified atom stereocenters. The van der Waals surface area contributed by atoms with Gasteiger partial charge in [-0.05, 0) is 26.6 Å². The summed E-state index contributed by atoms with van der Waals surface area (Å²) in [6.45, 7) is 8.54. The zero-order valence-corrected chi connectivity index (χ0v) is 7.64. The number of hydrogen-bond acceptors (Lipinski definition) is 2. The van der Waals surface area contributed by atoms with Crippen molar-refractivity contribution in [3.63, 3.8) is 0 Å². The molecule has 0 aromatic rings. The van der Waals surface area contributed by atoms with Crippen LogP contribution in [0.5, 0.6) is 0 Å². The van der Waals surface area contributed by atoms with Crippen molar-refractivity contribution in [2.75, 3.05) is 6.61 Å². The van der Waals surface area contributed by atoms with Gasteiger partial charge in [-0.15, -0.1) is 0 Å². The van der Waals surface area contributed by atoms with Crippen LogP contribution in [0, 0.1) is 0 Å². The molecule has 0 spiro atoms. The molecule has 1 atom stereocenters. The molecule has 0 fully saturated rings. The van der Waals surface area contributed by atoms with E-state index in [0.717, 1.165) is 0 Å². The molecular formula is C6H16O2Si. The van der Waals surface area contributed by atoms with Gasteiger partial charge in [0.1, 0.15) is 0 Å². The van der Waals surface area contributed by atoms with E-state index in [1.165, 1.54) is 0 Å². The van der Waals surface area contributed by atoms with Gasteiger partial charge in [-0.25, -0.2) is 0 Å². The second-order valence-corrected chi connectivity index (χ2v) is 7.79. The molecule has 9 heavy (non-hydrogen) atoms. The van der Waals surface area contributed by atoms with Crippen LogP contribution < -0.4 is 0 Å². The lowest BCUT2D eigenvalue weighted by molar-refractivity contribution is 0.119. The van der Waals surface area contributed by atoms with E-state index in [4.69, 9.17) is 9.53 Å². The normalized spacial score (nSPS) is 15.7. The molecule has 0 amide bonds. The molecule has 3 heteroatoms. The van der Waals surface area contributed by atoms with E-state index in [2.05, 4.69) is 19.6 Å². The van der Waals surface area contributed by atoms with E-state index < -0.39 is 8.32 Å². The lowest BCUT2D eigenvalue weighted by Crippen LogP contribution is -2.29. The van der Waals surface area contributed by atoms with Crippen molar-refractivity contribution in [3.05, 3.63) is 0 Å². The number of rotatable bonds is 3. The van der Waals surface area contributed by atoms with Gasteiger partial charge < -0.3 is 9.53 Å². The predicted octanol–water partition coefficient (Wildman–Crippen LogP) is 1.22. The Morgan fingerprint density at radius 2 is 1.89 bits per heavy atom. The van der Waals surface area contributed by atoms with Crippen LogP contribution in [0.2, 0.25) is 19.6 Å². The Hall–Kier alpha value is 0.137. The highest BCUT2D eigenvalue weighted by molar-refractivity contribution is 6.69. The second-order valence-electron chi connectivity index (χ2n) is 3.27. The smallest absolute Gasteiger partial charge is 0.183 e. The van der Waals surface area contributed by atoms with Crippen molar-refractivity contribution < 1.29 is 9.53 Å². The molecule has 56 valence electrons. The fourth-order valence-electron chi connectivity index (χ4n) is 0.371. The van der Waals surface area contributed by atoms with Crippen LogP contribution in [0.15, 0.2) is 0 Å². The largest absolute Gasteiger partial charge is 0.415 e. The Labute approximate surface area is 58.0 Å². The zero-order chi connectivity index (χ0) is 7.49. The van der Waals surface area contributed by atoms with Gasteiger partial charge in [0, 0.05) is 0 Å². The van der Waals surface area contributed by atoms with Gasteiger partial charge in [0.25, 0.3) is 0 Å². The molecule has 0 heterocycles. The Balaban J connectivity index is 3.28. The summed E-state index contributed by atoms with van der Waals surface area (Å²) in [6.07, 6.45) is -0.322. The topological polar surface area (TPSA) is 29.5 Å². The summed E-state index contributed by atoms with van der Waals surface area (Å²) >= 11 is 0. The van der Waals surface area contributed by atoms with Crippen LogP contribution in [0.3, 0.4) is 0 Å². The molecule has 1 N–H and O–H groups in total. The molecule has 2 nitrogen and oxygen atoms in total. The van der Waals surface area contributed by atoms with Gasteiger partial charge in [-0.3, -0.25) is 0 Å². The first kappa shape index (κ1) is 9.14. The maximum Gasteiger partial charge on any atom is 0.183 e. The van der Waals surface area contributed by atoms with Crippen LogP contribution in [0.4, 0.5) is 0 Å². The Bertz CT molecular complexity index is 75.6. The summed E-state index contributed by atoms with van der Waals surface area (Å²) in [7, 11) is -1.38. The van der Waals surface area contributed by atoms with Crippen molar-refractivity contribution >= 4 is 8.32 Å². The maximum atomic E-state index is 8.81. The fraction of sp³-hybridized carbons (Fsp3) is 1.00. The molecule has 0 radical (unpaired) electrons. The van der Waals surface area contributed by atoms with E-state index in [9.17, 15) is 0 Å². The van der Waals surface area contributed by atoms with Crippen LogP contribution in [-0.4, -0.2) is 26.1 Å². The first-order valence-corrected chi connectivity index (χ1v) is 6.64. The third-order valence-corrected chi connectivity index (χ3v) is 1.79. The molecule has 0 rings (SSSR count). The number of aliphatic hydroxyl groups excluding tert-OH is 1. The third kappa shape index (κ3) is 8.14.